The number of furan rings is 1. The zero-order valence-electron chi connectivity index (χ0n) is 22.8. The van der Waals surface area contributed by atoms with Crippen LogP contribution < -0.4 is 0 Å². The molecule has 0 saturated carbocycles. The van der Waals surface area contributed by atoms with E-state index in [-0.39, 0.29) is 0 Å². The minimum atomic E-state index is 0.673. The quantitative estimate of drug-likeness (QED) is 0.209. The number of hydrogen-bond donors (Lipinski definition) is 0. The van der Waals surface area contributed by atoms with Gasteiger partial charge >= 0.3 is 0 Å². The second-order valence-electron chi connectivity index (χ2n) is 11.0. The molecule has 0 aliphatic rings. The summed E-state index contributed by atoms with van der Waals surface area (Å²) in [5.41, 5.74) is 5.46. The van der Waals surface area contributed by atoms with Crippen LogP contribution >= 0.6 is 11.3 Å². The Morgan fingerprint density at radius 2 is 1.28 bits per heavy atom. The third-order valence-corrected chi connectivity index (χ3v) is 9.71. The smallest absolute Gasteiger partial charge is 0.197 e. The monoisotopic (exact) mass is 567 g/mol. The average Bonchev–Trinajstić information content (AvgIpc) is 3.71. The first-order valence-corrected chi connectivity index (χ1v) is 15.2. The van der Waals surface area contributed by atoms with Crippen LogP contribution in [-0.4, -0.2) is 14.5 Å². The molecule has 0 aliphatic heterocycles. The first-order chi connectivity index (χ1) is 21.3. The standard InChI is InChI=1S/C38H21N3OS/c1-2-10-22(11-3-1)37-39-35-29-18-23-12-4-5-13-24(23)19-32(29)42-36(35)38(40-37)41-30-16-8-6-14-25(30)27-21-34-28(20-31(27)41)26-15-7-9-17-33(26)43-34/h1-21H. The molecule has 0 N–H and O–H groups in total. The van der Waals surface area contributed by atoms with Gasteiger partial charge in [0.2, 0.25) is 0 Å². The Labute approximate surface area is 249 Å². The maximum Gasteiger partial charge on any atom is 0.197 e. The van der Waals surface area contributed by atoms with Crippen molar-refractivity contribution in [2.24, 2.45) is 0 Å². The fourth-order valence-corrected chi connectivity index (χ4v) is 7.72. The largest absolute Gasteiger partial charge is 0.450 e. The van der Waals surface area contributed by atoms with Crippen LogP contribution in [0.1, 0.15) is 0 Å². The Morgan fingerprint density at radius 3 is 2.16 bits per heavy atom. The highest BCUT2D eigenvalue weighted by atomic mass is 32.1. The van der Waals surface area contributed by atoms with E-state index in [2.05, 4.69) is 114 Å². The minimum Gasteiger partial charge on any atom is -0.450 e. The highest BCUT2D eigenvalue weighted by Gasteiger charge is 2.23. The van der Waals surface area contributed by atoms with Crippen molar-refractivity contribution in [2.75, 3.05) is 0 Å². The molecule has 0 fully saturated rings. The van der Waals surface area contributed by atoms with Gasteiger partial charge in [0.1, 0.15) is 11.1 Å². The first-order valence-electron chi connectivity index (χ1n) is 14.3. The van der Waals surface area contributed by atoms with Crippen molar-refractivity contribution < 1.29 is 4.42 Å². The number of benzene rings is 6. The third-order valence-electron chi connectivity index (χ3n) is 8.58. The van der Waals surface area contributed by atoms with E-state index in [0.717, 1.165) is 49.7 Å². The summed E-state index contributed by atoms with van der Waals surface area (Å²) in [5.74, 6) is 1.42. The van der Waals surface area contributed by atoms with Crippen LogP contribution in [0.2, 0.25) is 0 Å². The average molecular weight is 568 g/mol. The summed E-state index contributed by atoms with van der Waals surface area (Å²) in [5, 5.41) is 8.19. The zero-order chi connectivity index (χ0) is 28.1. The van der Waals surface area contributed by atoms with Gasteiger partial charge in [-0.25, -0.2) is 9.97 Å². The minimum absolute atomic E-state index is 0.673. The van der Waals surface area contributed by atoms with Gasteiger partial charge in [-0.2, -0.15) is 0 Å². The van der Waals surface area contributed by atoms with E-state index >= 15 is 0 Å². The van der Waals surface area contributed by atoms with E-state index in [9.17, 15) is 0 Å². The second-order valence-corrected chi connectivity index (χ2v) is 12.1. The summed E-state index contributed by atoms with van der Waals surface area (Å²) >= 11 is 1.84. The molecule has 10 aromatic rings. The molecule has 0 unspecified atom stereocenters. The maximum absolute atomic E-state index is 6.70. The Hall–Kier alpha value is -5.52. The summed E-state index contributed by atoms with van der Waals surface area (Å²) in [6, 6.07) is 44.8. The van der Waals surface area contributed by atoms with Crippen LogP contribution in [0.25, 0.3) is 92.0 Å². The summed E-state index contributed by atoms with van der Waals surface area (Å²) in [6.45, 7) is 0. The van der Waals surface area contributed by atoms with Crippen LogP contribution in [0, 0.1) is 0 Å². The number of aromatic nitrogens is 3. The van der Waals surface area contributed by atoms with Crippen molar-refractivity contribution in [3.8, 4) is 17.2 Å². The normalized spacial score (nSPS) is 12.2. The number of hydrogen-bond acceptors (Lipinski definition) is 4. The number of fused-ring (bicyclic) bond motifs is 10. The van der Waals surface area contributed by atoms with Crippen LogP contribution in [0.4, 0.5) is 0 Å². The second kappa shape index (κ2) is 8.51. The van der Waals surface area contributed by atoms with Gasteiger partial charge in [-0.05, 0) is 47.2 Å². The predicted molar refractivity (Wildman–Crippen MR) is 179 cm³/mol. The van der Waals surface area contributed by atoms with E-state index in [1.165, 1.54) is 30.9 Å². The third kappa shape index (κ3) is 3.25. The van der Waals surface area contributed by atoms with Crippen molar-refractivity contribution in [1.29, 1.82) is 0 Å². The molecule has 4 heterocycles. The lowest BCUT2D eigenvalue weighted by molar-refractivity contribution is 0.663. The lowest BCUT2D eigenvalue weighted by atomic mass is 10.1. The van der Waals surface area contributed by atoms with Crippen molar-refractivity contribution in [3.63, 3.8) is 0 Å². The van der Waals surface area contributed by atoms with Gasteiger partial charge in [0, 0.05) is 41.9 Å². The van der Waals surface area contributed by atoms with Gasteiger partial charge in [0.25, 0.3) is 0 Å². The number of thiophene rings is 1. The molecular weight excluding hydrogens is 547 g/mol. The van der Waals surface area contributed by atoms with Gasteiger partial charge in [-0.3, -0.25) is 4.57 Å². The molecule has 6 aromatic carbocycles. The van der Waals surface area contributed by atoms with Crippen molar-refractivity contribution >= 4 is 86.2 Å². The molecular formula is C38H21N3OS. The molecule has 0 spiro atoms. The number of para-hydroxylation sites is 1. The summed E-state index contributed by atoms with van der Waals surface area (Å²) < 4.78 is 11.6. The van der Waals surface area contributed by atoms with Gasteiger partial charge in [0.15, 0.2) is 17.2 Å². The Kier molecular flexibility index (Phi) is 4.57. The van der Waals surface area contributed by atoms with E-state index in [1.807, 2.05) is 29.5 Å². The molecule has 0 atom stereocenters. The van der Waals surface area contributed by atoms with Gasteiger partial charge in [-0.15, -0.1) is 11.3 Å². The molecule has 0 amide bonds. The molecule has 0 bridgehead atoms. The zero-order valence-corrected chi connectivity index (χ0v) is 23.6. The van der Waals surface area contributed by atoms with Crippen molar-refractivity contribution in [2.45, 2.75) is 0 Å². The van der Waals surface area contributed by atoms with Gasteiger partial charge in [0.05, 0.1) is 11.0 Å². The van der Waals surface area contributed by atoms with Crippen molar-refractivity contribution in [3.05, 3.63) is 127 Å². The van der Waals surface area contributed by atoms with E-state index < -0.39 is 0 Å². The molecule has 0 saturated heterocycles. The fraction of sp³-hybridized carbons (Fsp3) is 0. The van der Waals surface area contributed by atoms with Crippen LogP contribution in [0.5, 0.6) is 0 Å². The van der Waals surface area contributed by atoms with Crippen molar-refractivity contribution in [1.82, 2.24) is 14.5 Å². The van der Waals surface area contributed by atoms with E-state index in [1.54, 1.807) is 0 Å². The summed E-state index contributed by atoms with van der Waals surface area (Å²) in [6.07, 6.45) is 0. The predicted octanol–water partition coefficient (Wildman–Crippen LogP) is 10.7. The van der Waals surface area contributed by atoms with Gasteiger partial charge < -0.3 is 4.42 Å². The highest BCUT2D eigenvalue weighted by molar-refractivity contribution is 7.25. The number of nitrogens with zero attached hydrogens (tertiary/aromatic N) is 3. The molecule has 10 rings (SSSR count). The Morgan fingerprint density at radius 1 is 0.535 bits per heavy atom. The lowest BCUT2D eigenvalue weighted by Gasteiger charge is -2.10. The summed E-state index contributed by atoms with van der Waals surface area (Å²) in [7, 11) is 0. The Bertz CT molecular complexity index is 2730. The molecule has 4 aromatic heterocycles. The van der Waals surface area contributed by atoms with E-state index in [0.29, 0.717) is 11.4 Å². The molecule has 0 aliphatic carbocycles. The summed E-state index contributed by atoms with van der Waals surface area (Å²) in [4.78, 5) is 10.4. The topological polar surface area (TPSA) is 43.9 Å². The van der Waals surface area contributed by atoms with E-state index in [4.69, 9.17) is 14.4 Å². The van der Waals surface area contributed by atoms with Crippen LogP contribution in [0.15, 0.2) is 132 Å². The molecule has 0 radical (unpaired) electrons. The highest BCUT2D eigenvalue weighted by Crippen LogP contribution is 2.42. The molecule has 43 heavy (non-hydrogen) atoms. The Balaban J connectivity index is 1.40. The molecule has 5 heteroatoms. The number of rotatable bonds is 2. The van der Waals surface area contributed by atoms with Crippen LogP contribution in [0.3, 0.4) is 0 Å². The van der Waals surface area contributed by atoms with Gasteiger partial charge in [-0.1, -0.05) is 91.0 Å². The lowest BCUT2D eigenvalue weighted by Crippen LogP contribution is -2.01. The fourth-order valence-electron chi connectivity index (χ4n) is 6.60. The first kappa shape index (κ1) is 23.1. The van der Waals surface area contributed by atoms with Crippen LogP contribution in [-0.2, 0) is 0 Å². The molecule has 200 valence electrons. The SMILES string of the molecule is c1ccc(-c2nc(-n3c4ccccc4c4cc5sc6ccccc6c5cc43)c3oc4cc5ccccc5cc4c3n2)cc1. The molecule has 4 nitrogen and oxygen atoms in total. The maximum atomic E-state index is 6.70.